The Hall–Kier alpha value is -2.03. The van der Waals surface area contributed by atoms with Gasteiger partial charge < -0.3 is 9.47 Å². The zero-order valence-electron chi connectivity index (χ0n) is 9.34. The van der Waals surface area contributed by atoms with Gasteiger partial charge >= 0.3 is 0 Å². The van der Waals surface area contributed by atoms with Crippen molar-refractivity contribution in [2.45, 2.75) is 0 Å². The molecule has 0 spiro atoms. The fourth-order valence-electron chi connectivity index (χ4n) is 1.23. The Morgan fingerprint density at radius 2 is 1.75 bits per heavy atom. The first-order chi connectivity index (χ1) is 7.81. The minimum absolute atomic E-state index is 0.684. The van der Waals surface area contributed by atoms with Gasteiger partial charge in [-0.2, -0.15) is 0 Å². The maximum Gasteiger partial charge on any atom is 0.161 e. The van der Waals surface area contributed by atoms with Gasteiger partial charge in [-0.3, -0.25) is 4.79 Å². The number of allylic oxidation sites excluding steroid dienone is 3. The van der Waals surface area contributed by atoms with Crippen LogP contribution < -0.4 is 9.47 Å². The van der Waals surface area contributed by atoms with Gasteiger partial charge in [0.05, 0.1) is 14.2 Å². The number of rotatable bonds is 5. The lowest BCUT2D eigenvalue weighted by molar-refractivity contribution is -0.104. The number of benzene rings is 1. The van der Waals surface area contributed by atoms with Gasteiger partial charge in [0.2, 0.25) is 0 Å². The second-order valence-electron chi connectivity index (χ2n) is 2.99. The largest absolute Gasteiger partial charge is 0.493 e. The van der Waals surface area contributed by atoms with E-state index in [0.717, 1.165) is 11.8 Å². The first-order valence-corrected chi connectivity index (χ1v) is 4.82. The van der Waals surface area contributed by atoms with Crippen molar-refractivity contribution in [1.82, 2.24) is 0 Å². The first kappa shape index (κ1) is 12.0. The van der Waals surface area contributed by atoms with Crippen molar-refractivity contribution in [2.75, 3.05) is 14.2 Å². The number of carbonyl (C=O) groups excluding carboxylic acids is 1. The maximum absolute atomic E-state index is 10.0. The van der Waals surface area contributed by atoms with E-state index in [9.17, 15) is 4.79 Å². The summed E-state index contributed by atoms with van der Waals surface area (Å²) in [5, 5.41) is 0. The molecule has 1 aromatic rings. The summed E-state index contributed by atoms with van der Waals surface area (Å²) in [6, 6.07) is 5.61. The standard InChI is InChI=1S/C13H14O3/c1-15-12-8-7-11(10-13(12)16-2)6-4-3-5-9-14/h3-10H,1-2H3. The fraction of sp³-hybridized carbons (Fsp3) is 0.154. The molecule has 3 heteroatoms. The minimum Gasteiger partial charge on any atom is -0.493 e. The van der Waals surface area contributed by atoms with Crippen LogP contribution in [-0.2, 0) is 4.79 Å². The van der Waals surface area contributed by atoms with Crippen LogP contribution in [-0.4, -0.2) is 20.5 Å². The molecule has 3 nitrogen and oxygen atoms in total. The normalized spacial score (nSPS) is 10.9. The van der Waals surface area contributed by atoms with Crippen LogP contribution in [0.1, 0.15) is 5.56 Å². The third-order valence-corrected chi connectivity index (χ3v) is 2.00. The molecule has 0 radical (unpaired) electrons. The summed E-state index contributed by atoms with van der Waals surface area (Å²) in [5.41, 5.74) is 0.980. The molecule has 0 aromatic heterocycles. The summed E-state index contributed by atoms with van der Waals surface area (Å²) in [6.07, 6.45) is 7.50. The fourth-order valence-corrected chi connectivity index (χ4v) is 1.23. The molecule has 0 N–H and O–H groups in total. The van der Waals surface area contributed by atoms with Crippen LogP contribution >= 0.6 is 0 Å². The monoisotopic (exact) mass is 218 g/mol. The van der Waals surface area contributed by atoms with Crippen LogP contribution in [0.15, 0.2) is 36.4 Å². The highest BCUT2D eigenvalue weighted by atomic mass is 16.5. The van der Waals surface area contributed by atoms with Crippen LogP contribution in [0.3, 0.4) is 0 Å². The third-order valence-electron chi connectivity index (χ3n) is 2.00. The van der Waals surface area contributed by atoms with Crippen molar-refractivity contribution >= 4 is 12.4 Å². The van der Waals surface area contributed by atoms with Crippen LogP contribution in [0.25, 0.3) is 6.08 Å². The Bertz CT molecular complexity index is 406. The van der Waals surface area contributed by atoms with Crippen LogP contribution in [0.5, 0.6) is 11.5 Å². The molecule has 0 saturated heterocycles. The van der Waals surface area contributed by atoms with Gasteiger partial charge in [-0.05, 0) is 23.8 Å². The number of aldehydes is 1. The molecule has 0 saturated carbocycles. The molecule has 0 heterocycles. The summed E-state index contributed by atoms with van der Waals surface area (Å²) in [7, 11) is 3.19. The van der Waals surface area contributed by atoms with Crippen molar-refractivity contribution < 1.29 is 14.3 Å². The second-order valence-corrected chi connectivity index (χ2v) is 2.99. The van der Waals surface area contributed by atoms with E-state index in [1.54, 1.807) is 26.4 Å². The number of ether oxygens (including phenoxy) is 2. The highest BCUT2D eigenvalue weighted by Crippen LogP contribution is 2.27. The predicted octanol–water partition coefficient (Wildman–Crippen LogP) is 2.47. The number of hydrogen-bond donors (Lipinski definition) is 0. The Balaban J connectivity index is 2.86. The highest BCUT2D eigenvalue weighted by molar-refractivity contribution is 5.66. The van der Waals surface area contributed by atoms with Gasteiger partial charge in [0.25, 0.3) is 0 Å². The molecule has 84 valence electrons. The summed E-state index contributed by atoms with van der Waals surface area (Å²) in [4.78, 5) is 10.0. The summed E-state index contributed by atoms with van der Waals surface area (Å²) in [6.45, 7) is 0. The molecule has 16 heavy (non-hydrogen) atoms. The van der Waals surface area contributed by atoms with E-state index in [-0.39, 0.29) is 0 Å². The van der Waals surface area contributed by atoms with E-state index < -0.39 is 0 Å². The smallest absolute Gasteiger partial charge is 0.161 e. The number of carbonyl (C=O) groups is 1. The molecule has 1 aromatic carbocycles. The van der Waals surface area contributed by atoms with E-state index >= 15 is 0 Å². The number of hydrogen-bond acceptors (Lipinski definition) is 3. The number of methoxy groups -OCH3 is 2. The molecule has 0 aliphatic heterocycles. The van der Waals surface area contributed by atoms with E-state index in [1.165, 1.54) is 6.08 Å². The quantitative estimate of drug-likeness (QED) is 0.432. The van der Waals surface area contributed by atoms with Crippen molar-refractivity contribution in [3.63, 3.8) is 0 Å². The van der Waals surface area contributed by atoms with Crippen LogP contribution in [0.2, 0.25) is 0 Å². The van der Waals surface area contributed by atoms with Gasteiger partial charge in [0.1, 0.15) is 6.29 Å². The minimum atomic E-state index is 0.684. The molecule has 0 amide bonds. The van der Waals surface area contributed by atoms with Crippen molar-refractivity contribution in [1.29, 1.82) is 0 Å². The predicted molar refractivity (Wildman–Crippen MR) is 63.8 cm³/mol. The topological polar surface area (TPSA) is 35.5 Å². The average molecular weight is 218 g/mol. The Kier molecular flexibility index (Phi) is 4.86. The van der Waals surface area contributed by atoms with Crippen molar-refractivity contribution in [2.24, 2.45) is 0 Å². The molecule has 1 rings (SSSR count). The second kappa shape index (κ2) is 6.45. The zero-order chi connectivity index (χ0) is 11.8. The molecule has 0 unspecified atom stereocenters. The van der Waals surface area contributed by atoms with Crippen molar-refractivity contribution in [3.8, 4) is 11.5 Å². The first-order valence-electron chi connectivity index (χ1n) is 4.82. The van der Waals surface area contributed by atoms with Gasteiger partial charge in [-0.15, -0.1) is 0 Å². The van der Waals surface area contributed by atoms with E-state index in [4.69, 9.17) is 9.47 Å². The summed E-state index contributed by atoms with van der Waals surface area (Å²) in [5.74, 6) is 1.38. The van der Waals surface area contributed by atoms with Crippen molar-refractivity contribution in [3.05, 3.63) is 42.0 Å². The third kappa shape index (κ3) is 3.28. The lowest BCUT2D eigenvalue weighted by Crippen LogP contribution is -1.90. The molecular formula is C13H14O3. The molecule has 0 aliphatic rings. The lowest BCUT2D eigenvalue weighted by atomic mass is 10.2. The Morgan fingerprint density at radius 3 is 2.38 bits per heavy atom. The van der Waals surface area contributed by atoms with E-state index in [2.05, 4.69) is 0 Å². The Labute approximate surface area is 95.0 Å². The summed E-state index contributed by atoms with van der Waals surface area (Å²) < 4.78 is 10.3. The van der Waals surface area contributed by atoms with E-state index in [1.807, 2.05) is 24.3 Å². The molecule has 0 bridgehead atoms. The molecule has 0 fully saturated rings. The van der Waals surface area contributed by atoms with Gasteiger partial charge in [-0.1, -0.05) is 24.3 Å². The van der Waals surface area contributed by atoms with Crippen LogP contribution in [0.4, 0.5) is 0 Å². The summed E-state index contributed by atoms with van der Waals surface area (Å²) >= 11 is 0. The van der Waals surface area contributed by atoms with Gasteiger partial charge in [-0.25, -0.2) is 0 Å². The van der Waals surface area contributed by atoms with E-state index in [0.29, 0.717) is 11.5 Å². The highest BCUT2D eigenvalue weighted by Gasteiger charge is 2.01. The molecule has 0 atom stereocenters. The average Bonchev–Trinajstić information content (AvgIpc) is 2.34. The zero-order valence-corrected chi connectivity index (χ0v) is 9.34. The van der Waals surface area contributed by atoms with Gasteiger partial charge in [0.15, 0.2) is 11.5 Å². The maximum atomic E-state index is 10.0. The SMILES string of the molecule is COc1ccc(C=CC=CC=O)cc1OC. The molecular weight excluding hydrogens is 204 g/mol. The Morgan fingerprint density at radius 1 is 1.00 bits per heavy atom. The lowest BCUT2D eigenvalue weighted by Gasteiger charge is -2.07. The molecule has 0 aliphatic carbocycles. The van der Waals surface area contributed by atoms with Crippen LogP contribution in [0, 0.1) is 0 Å². The van der Waals surface area contributed by atoms with Gasteiger partial charge in [0, 0.05) is 0 Å².